The second-order valence-corrected chi connectivity index (χ2v) is 27.9. The molecule has 0 radical (unpaired) electrons. The van der Waals surface area contributed by atoms with E-state index >= 15 is 0 Å². The lowest BCUT2D eigenvalue weighted by Gasteiger charge is -2.62. The van der Waals surface area contributed by atoms with Gasteiger partial charge in [0, 0.05) is 69.6 Å². The van der Waals surface area contributed by atoms with Crippen LogP contribution in [0.25, 0.3) is 10.8 Å². The number of aryl methyl sites for hydroxylation is 3. The molecule has 1 saturated heterocycles. The molecule has 9 aromatic carbocycles. The first-order valence-corrected chi connectivity index (χ1v) is 35.2. The number of dihydropyridines is 1. The number of ether oxygens (including phenoxy) is 1. The number of amidine groups is 2. The summed E-state index contributed by atoms with van der Waals surface area (Å²) in [7, 11) is 0. The van der Waals surface area contributed by atoms with Gasteiger partial charge in [-0.3, -0.25) is 24.0 Å². The number of carbonyl (C=O) groups is 6. The van der Waals surface area contributed by atoms with Crippen molar-refractivity contribution in [3.8, 4) is 28.7 Å². The second kappa shape index (κ2) is 32.4. The summed E-state index contributed by atoms with van der Waals surface area (Å²) in [5, 5.41) is 121. The third-order valence-corrected chi connectivity index (χ3v) is 21.0. The maximum atomic E-state index is 13.7. The topological polar surface area (TPSA) is 512 Å². The summed E-state index contributed by atoms with van der Waals surface area (Å²) >= 11 is 0. The van der Waals surface area contributed by atoms with Gasteiger partial charge in [0.25, 0.3) is 0 Å². The molecule has 0 bridgehead atoms. The van der Waals surface area contributed by atoms with Crippen molar-refractivity contribution in [1.82, 2.24) is 4.90 Å². The van der Waals surface area contributed by atoms with Gasteiger partial charge in [-0.05, 0) is 194 Å². The number of carboxylic acids is 1. The van der Waals surface area contributed by atoms with Crippen LogP contribution in [0, 0.1) is 35.1 Å². The number of nitrogens with two attached hydrogens (primary N) is 5. The number of nitrogen functional groups attached to an aromatic ring is 4. The molecule has 20 N–H and O–H groups in total. The van der Waals surface area contributed by atoms with Crippen molar-refractivity contribution >= 4 is 103 Å². The third kappa shape index (κ3) is 15.2. The van der Waals surface area contributed by atoms with Crippen LogP contribution in [-0.2, 0) is 21.6 Å². The number of ketones is 5. The van der Waals surface area contributed by atoms with Crippen molar-refractivity contribution in [3.05, 3.63) is 236 Å². The van der Waals surface area contributed by atoms with E-state index in [9.17, 15) is 79.8 Å². The highest BCUT2D eigenvalue weighted by Gasteiger charge is 2.71. The maximum absolute atomic E-state index is 13.7. The van der Waals surface area contributed by atoms with Gasteiger partial charge < -0.3 is 94.7 Å². The van der Waals surface area contributed by atoms with Crippen molar-refractivity contribution < 1.29 is 84.6 Å². The largest absolute Gasteiger partial charge is 0.870 e. The molecule has 2 heterocycles. The number of phenolic OH excluding ortho intramolecular Hbond substituents is 4. The molecule has 2 aliphatic heterocycles. The monoisotopic (exact) mass is 1520 g/mol. The molecule has 0 amide bonds. The lowest BCUT2D eigenvalue weighted by Crippen LogP contribution is -2.79. The highest BCUT2D eigenvalue weighted by molar-refractivity contribution is 6.47. The Morgan fingerprint density at radius 2 is 1.23 bits per heavy atom. The number of fused-ring (bicyclic) bond motifs is 5. The van der Waals surface area contributed by atoms with Crippen LogP contribution in [0.5, 0.6) is 28.7 Å². The van der Waals surface area contributed by atoms with Crippen molar-refractivity contribution in [2.24, 2.45) is 25.9 Å². The molecule has 28 nitrogen and oxygen atoms in total. The molecule has 0 spiro atoms. The summed E-state index contributed by atoms with van der Waals surface area (Å²) in [6, 6.07) is 37.9. The predicted octanol–water partition coefficient (Wildman–Crippen LogP) is 10.6. The number of hydrogen-bond acceptors (Lipinski definition) is 26. The molecule has 9 aromatic rings. The van der Waals surface area contributed by atoms with Crippen LogP contribution < -0.4 is 39.1 Å². The lowest BCUT2D eigenvalue weighted by atomic mass is 9.59. The number of aromatic hydroxyl groups is 4. The third-order valence-electron chi connectivity index (χ3n) is 21.0. The molecule has 0 saturated carbocycles. The number of azo groups is 1. The summed E-state index contributed by atoms with van der Waals surface area (Å²) in [6.45, 7) is 17.6. The number of hydrogen-bond donors (Lipinski definition) is 15. The molecule has 13 rings (SSSR count). The molecule has 2 unspecified atom stereocenters. The van der Waals surface area contributed by atoms with E-state index in [-0.39, 0.29) is 75.4 Å². The lowest BCUT2D eigenvalue weighted by molar-refractivity contribution is -0.378. The van der Waals surface area contributed by atoms with Gasteiger partial charge in [-0.25, -0.2) is 14.8 Å². The van der Waals surface area contributed by atoms with Gasteiger partial charge in [0.05, 0.1) is 62.7 Å². The fourth-order valence-electron chi connectivity index (χ4n) is 13.9. The molecule has 1 fully saturated rings. The van der Waals surface area contributed by atoms with Crippen LogP contribution in [-0.4, -0.2) is 147 Å². The zero-order valence-corrected chi connectivity index (χ0v) is 63.5. The van der Waals surface area contributed by atoms with E-state index in [4.69, 9.17) is 33.4 Å². The molecule has 5 atom stereocenters. The van der Waals surface area contributed by atoms with E-state index in [1.165, 1.54) is 26.0 Å². The van der Waals surface area contributed by atoms with Crippen molar-refractivity contribution in [2.75, 3.05) is 54.5 Å². The SMILES string of the molecule is CCN(CC)CCCc1cccc2c1C(=O)c1c(N)ccc(N)c1C2=O.Cc1c(O)cc2c(c1C)C(=O)c1c(O)c([C@@]3(C)OC(CO)[C@@](C)(O)[C@@](C)(O)C3(C)O)c(O)c(O)c1C2=O.Cc1ccc(N=Nc2c([O-])c(C(=O)O)cc3ccccc23)c(C)c1.NC1=NC(=Nc2ccc(N)cc2)C(Nc2ccc(N)cc2)=CC1=O.[CH3+]. The average Bonchev–Trinajstić information content (AvgIpc) is 0.681. The van der Waals surface area contributed by atoms with Crippen LogP contribution in [0.15, 0.2) is 165 Å². The van der Waals surface area contributed by atoms with Crippen LogP contribution in [0.2, 0.25) is 0 Å². The highest BCUT2D eigenvalue weighted by atomic mass is 16.6. The van der Waals surface area contributed by atoms with Gasteiger partial charge >= 0.3 is 5.97 Å². The number of carbonyl (C=O) groups excluding carboxylic acids is 5. The van der Waals surface area contributed by atoms with E-state index in [2.05, 4.69) is 44.3 Å². The number of aliphatic hydroxyl groups excluding tert-OH is 1. The van der Waals surface area contributed by atoms with Gasteiger partial charge in [0.1, 0.15) is 40.0 Å². The number of aromatic carboxylic acids is 1. The normalized spacial score (nSPS) is 19.8. The van der Waals surface area contributed by atoms with Gasteiger partial charge in [-0.1, -0.05) is 79.8 Å². The quantitative estimate of drug-likeness (QED) is 0.0158. The number of nitrogens with one attached hydrogen (secondary N) is 1. The molecule has 28 heteroatoms. The zero-order chi connectivity index (χ0) is 81.4. The molecule has 4 aliphatic rings. The Morgan fingerprint density at radius 3 is 1.84 bits per heavy atom. The second-order valence-electron chi connectivity index (χ2n) is 27.9. The van der Waals surface area contributed by atoms with Crippen molar-refractivity contribution in [2.45, 2.75) is 111 Å². The molecule has 112 heavy (non-hydrogen) atoms. The first-order valence-electron chi connectivity index (χ1n) is 35.2. The van der Waals surface area contributed by atoms with E-state index in [1.54, 1.807) is 91.0 Å². The summed E-state index contributed by atoms with van der Waals surface area (Å²) in [6.07, 6.45) is 1.47. The number of aliphatic hydroxyl groups is 4. The van der Waals surface area contributed by atoms with E-state index in [0.29, 0.717) is 73.1 Å². The first-order chi connectivity index (χ1) is 52.3. The minimum atomic E-state index is -2.54. The number of aliphatic imine (C=N–C) groups is 2. The Balaban J connectivity index is 0.000000174. The highest BCUT2D eigenvalue weighted by Crippen LogP contribution is 2.60. The number of anilines is 5. The molecular formula is C84H89N11O17. The van der Waals surface area contributed by atoms with Crippen LogP contribution >= 0.6 is 0 Å². The number of phenols is 4. The minimum absolute atomic E-state index is 0. The van der Waals surface area contributed by atoms with Crippen molar-refractivity contribution in [3.63, 3.8) is 0 Å². The fourth-order valence-corrected chi connectivity index (χ4v) is 13.9. The van der Waals surface area contributed by atoms with E-state index < -0.39 is 92.3 Å². The van der Waals surface area contributed by atoms with Crippen LogP contribution in [0.4, 0.5) is 45.5 Å². The van der Waals surface area contributed by atoms with Gasteiger partial charge in [-0.15, -0.1) is 0 Å². The van der Waals surface area contributed by atoms with Gasteiger partial charge in [-0.2, -0.15) is 10.2 Å². The number of nitrogens with zero attached hydrogens (tertiary/aromatic N) is 5. The average molecular weight is 1520 g/mol. The summed E-state index contributed by atoms with van der Waals surface area (Å²) in [5.74, 6) is -7.87. The summed E-state index contributed by atoms with van der Waals surface area (Å²) in [4.78, 5) is 87.1. The van der Waals surface area contributed by atoms with E-state index in [1.807, 2.05) is 44.2 Å². The van der Waals surface area contributed by atoms with Crippen LogP contribution in [0.1, 0.15) is 155 Å². The smallest absolute Gasteiger partial charge is 0.335 e. The maximum Gasteiger partial charge on any atom is 0.335 e. The molecule has 582 valence electrons. The number of carboxylic acid groups (broad SMARTS) is 1. The minimum Gasteiger partial charge on any atom is -0.870 e. The first kappa shape index (κ1) is 83.2. The number of benzene rings is 9. The van der Waals surface area contributed by atoms with Gasteiger partial charge in [0.2, 0.25) is 5.78 Å². The zero-order valence-electron chi connectivity index (χ0n) is 63.5. The Morgan fingerprint density at radius 1 is 0.643 bits per heavy atom. The Bertz CT molecular complexity index is 5430. The van der Waals surface area contributed by atoms with Crippen molar-refractivity contribution in [1.29, 1.82) is 0 Å². The Labute approximate surface area is 645 Å². The Hall–Kier alpha value is -12.8. The molecule has 2 aliphatic carbocycles. The summed E-state index contributed by atoms with van der Waals surface area (Å²) < 4.78 is 5.80. The predicted molar refractivity (Wildman–Crippen MR) is 426 cm³/mol. The van der Waals surface area contributed by atoms with Gasteiger partial charge in [0.15, 0.2) is 46.3 Å². The molecular weight excluding hydrogens is 1430 g/mol. The summed E-state index contributed by atoms with van der Waals surface area (Å²) in [5.41, 5.74) is 25.8. The Kier molecular flexibility index (Phi) is 24.1. The number of rotatable bonds is 14. The van der Waals surface area contributed by atoms with E-state index in [0.717, 1.165) is 88.6 Å². The standard InChI is InChI=1S/C26H30O11.C21H25N3O2.C19H16N2O3.C17H16N6O.CH3/c1-9-10(2)14-11(7-12(9)28)18(29)15-16(19(14)30)20(31)17(22(33)21(15)32)24(4)26(6,36)25(5,35)23(3,34)13(8-27)37-24;1-3-24(4-2)12-6-8-13-7-5-9-14-17(13)21(26)19-16(23)11-10-15(22)18(19)20(14)25;1-11-7-8-16(12(2)9-11)20-21-17-14-6-4-3-5-13(14)10-15(18(17)22)19(23)24;18-10-1-5-12(6-2-10)21-14-9-15(24)16(20)23-17(14)22-13-7-3-11(19)4-8-13;/h7,13,27-28,31-36H,8H2,1-6H3;5,7,9-11H,3-4,6,8,12,22-23H2,1-2H3;3-10,22H,1-2H3,(H,23,24);1-9,21H,18-19H2,(H2,20,22,23);1H3/q;;;;+1/p-1/t13?,23-,24-,25-,26?;;;;/m1..../s1. The molecule has 0 aromatic heterocycles. The van der Waals surface area contributed by atoms with Crippen LogP contribution in [0.3, 0.4) is 0 Å². The fraction of sp³-hybridized carbons (Fsp3) is 0.250.